The first-order valence-electron chi connectivity index (χ1n) is 6.60. The van der Waals surface area contributed by atoms with E-state index in [4.69, 9.17) is 0 Å². The Kier molecular flexibility index (Phi) is 4.03. The van der Waals surface area contributed by atoms with Crippen molar-refractivity contribution in [3.05, 3.63) is 24.2 Å². The topological polar surface area (TPSA) is 70.1 Å². The van der Waals surface area contributed by atoms with Gasteiger partial charge < -0.3 is 10.2 Å². The maximum Gasteiger partial charge on any atom is 0.225 e. The summed E-state index contributed by atoms with van der Waals surface area (Å²) in [7, 11) is 1.91. The second kappa shape index (κ2) is 6.10. The van der Waals surface area contributed by atoms with Gasteiger partial charge in [-0.05, 0) is 6.07 Å². The van der Waals surface area contributed by atoms with Crippen LogP contribution in [0.3, 0.4) is 0 Å². The molecule has 0 saturated carbocycles. The summed E-state index contributed by atoms with van der Waals surface area (Å²) in [6.45, 7) is 4.70. The molecule has 2 aromatic heterocycles. The molecule has 8 heteroatoms. The number of anilines is 2. The fraction of sp³-hybridized carbons (Fsp3) is 0.500. The van der Waals surface area contributed by atoms with E-state index in [1.165, 1.54) is 11.5 Å². The van der Waals surface area contributed by atoms with Gasteiger partial charge in [-0.2, -0.15) is 0 Å². The molecular formula is C12H17N7S. The molecule has 7 nitrogen and oxygen atoms in total. The Morgan fingerprint density at radius 3 is 2.65 bits per heavy atom. The molecule has 0 aliphatic carbocycles. The first kappa shape index (κ1) is 13.2. The molecule has 1 saturated heterocycles. The van der Waals surface area contributed by atoms with Crippen LogP contribution in [-0.4, -0.2) is 57.7 Å². The van der Waals surface area contributed by atoms with E-state index >= 15 is 0 Å². The molecule has 0 spiro atoms. The van der Waals surface area contributed by atoms with Crippen molar-refractivity contribution in [2.45, 2.75) is 6.54 Å². The first-order valence-corrected chi connectivity index (χ1v) is 7.37. The fourth-order valence-corrected chi connectivity index (χ4v) is 2.80. The van der Waals surface area contributed by atoms with Gasteiger partial charge >= 0.3 is 0 Å². The predicted octanol–water partition coefficient (Wildman–Crippen LogP) is 0.692. The monoisotopic (exact) mass is 291 g/mol. The van der Waals surface area contributed by atoms with Gasteiger partial charge in [-0.15, -0.1) is 5.10 Å². The minimum absolute atomic E-state index is 0.818. The lowest BCUT2D eigenvalue weighted by molar-refractivity contribution is 0.246. The van der Waals surface area contributed by atoms with Crippen LogP contribution < -0.4 is 10.2 Å². The molecule has 0 radical (unpaired) electrons. The third-order valence-electron chi connectivity index (χ3n) is 3.36. The Morgan fingerprint density at radius 1 is 1.20 bits per heavy atom. The van der Waals surface area contributed by atoms with Crippen molar-refractivity contribution in [2.75, 3.05) is 43.4 Å². The molecule has 1 fully saturated rings. The van der Waals surface area contributed by atoms with E-state index in [-0.39, 0.29) is 0 Å². The van der Waals surface area contributed by atoms with Gasteiger partial charge in [-0.25, -0.2) is 9.97 Å². The number of nitrogens with one attached hydrogen (secondary N) is 1. The van der Waals surface area contributed by atoms with Crippen LogP contribution in [0.15, 0.2) is 18.5 Å². The van der Waals surface area contributed by atoms with Crippen molar-refractivity contribution in [1.82, 2.24) is 24.5 Å². The highest BCUT2D eigenvalue weighted by atomic mass is 32.1. The van der Waals surface area contributed by atoms with Crippen LogP contribution in [-0.2, 0) is 6.54 Å². The van der Waals surface area contributed by atoms with E-state index in [9.17, 15) is 0 Å². The zero-order valence-corrected chi connectivity index (χ0v) is 12.2. The van der Waals surface area contributed by atoms with Gasteiger partial charge in [-0.3, -0.25) is 4.90 Å². The minimum atomic E-state index is 0.818. The molecule has 1 aliphatic heterocycles. The molecule has 20 heavy (non-hydrogen) atoms. The highest BCUT2D eigenvalue weighted by Gasteiger charge is 2.20. The molecule has 0 bridgehead atoms. The number of nitrogens with zero attached hydrogens (tertiary/aromatic N) is 6. The number of aromatic nitrogens is 4. The molecule has 3 heterocycles. The summed E-state index contributed by atoms with van der Waals surface area (Å²) in [6.07, 6.45) is 3.57. The maximum absolute atomic E-state index is 4.30. The molecule has 0 aromatic carbocycles. The molecule has 1 N–H and O–H groups in total. The third-order valence-corrected chi connectivity index (χ3v) is 4.15. The zero-order chi connectivity index (χ0) is 13.8. The average Bonchev–Trinajstić information content (AvgIpc) is 2.96. The van der Waals surface area contributed by atoms with Crippen molar-refractivity contribution >= 4 is 22.5 Å². The Hall–Kier alpha value is -1.80. The average molecular weight is 291 g/mol. The van der Waals surface area contributed by atoms with Crippen molar-refractivity contribution in [2.24, 2.45) is 0 Å². The fourth-order valence-electron chi connectivity index (χ4n) is 2.27. The SMILES string of the molecule is CNc1snnc1CN1CCN(c2ncccn2)CC1. The highest BCUT2D eigenvalue weighted by molar-refractivity contribution is 7.10. The van der Waals surface area contributed by atoms with Gasteiger partial charge in [0.2, 0.25) is 5.95 Å². The summed E-state index contributed by atoms with van der Waals surface area (Å²) < 4.78 is 3.99. The van der Waals surface area contributed by atoms with E-state index in [0.717, 1.165) is 49.4 Å². The number of rotatable bonds is 4. The Balaban J connectivity index is 1.56. The lowest BCUT2D eigenvalue weighted by Crippen LogP contribution is -2.46. The molecule has 106 valence electrons. The quantitative estimate of drug-likeness (QED) is 0.888. The largest absolute Gasteiger partial charge is 0.377 e. The summed E-state index contributed by atoms with van der Waals surface area (Å²) in [4.78, 5) is 13.2. The van der Waals surface area contributed by atoms with Gasteiger partial charge in [0.05, 0.1) is 0 Å². The van der Waals surface area contributed by atoms with Gasteiger partial charge in [0.25, 0.3) is 0 Å². The molecular weight excluding hydrogens is 274 g/mol. The van der Waals surface area contributed by atoms with Crippen molar-refractivity contribution in [1.29, 1.82) is 0 Å². The van der Waals surface area contributed by atoms with E-state index in [0.29, 0.717) is 0 Å². The Labute approximate surface area is 121 Å². The standard InChI is InChI=1S/C12H17N7S/c1-13-11-10(16-17-20-11)9-18-5-7-19(8-6-18)12-14-3-2-4-15-12/h2-4,13H,5-9H2,1H3. The van der Waals surface area contributed by atoms with E-state index in [2.05, 4.69) is 34.7 Å². The normalized spacial score (nSPS) is 16.4. The van der Waals surface area contributed by atoms with Gasteiger partial charge in [-0.1, -0.05) is 4.49 Å². The van der Waals surface area contributed by atoms with Crippen molar-refractivity contribution in [3.8, 4) is 0 Å². The van der Waals surface area contributed by atoms with Gasteiger partial charge in [0.1, 0.15) is 10.7 Å². The predicted molar refractivity (Wildman–Crippen MR) is 79.0 cm³/mol. The van der Waals surface area contributed by atoms with Crippen LogP contribution in [0, 0.1) is 0 Å². The summed E-state index contributed by atoms with van der Waals surface area (Å²) in [5.41, 5.74) is 1.03. The maximum atomic E-state index is 4.30. The van der Waals surface area contributed by atoms with E-state index in [1.807, 2.05) is 13.1 Å². The molecule has 0 amide bonds. The van der Waals surface area contributed by atoms with Gasteiger partial charge in [0, 0.05) is 63.7 Å². The number of piperazine rings is 1. The third kappa shape index (κ3) is 2.86. The first-order chi connectivity index (χ1) is 9.86. The lowest BCUT2D eigenvalue weighted by Gasteiger charge is -2.34. The summed E-state index contributed by atoms with van der Waals surface area (Å²) in [6, 6.07) is 1.84. The van der Waals surface area contributed by atoms with Crippen LogP contribution in [0.2, 0.25) is 0 Å². The van der Waals surface area contributed by atoms with Crippen LogP contribution in [0.4, 0.5) is 10.9 Å². The van der Waals surface area contributed by atoms with Crippen LogP contribution >= 0.6 is 11.5 Å². The van der Waals surface area contributed by atoms with Crippen LogP contribution in [0.25, 0.3) is 0 Å². The molecule has 3 rings (SSSR count). The van der Waals surface area contributed by atoms with Crippen molar-refractivity contribution in [3.63, 3.8) is 0 Å². The van der Waals surface area contributed by atoms with Crippen LogP contribution in [0.5, 0.6) is 0 Å². The summed E-state index contributed by atoms with van der Waals surface area (Å²) >= 11 is 1.41. The number of hydrogen-bond donors (Lipinski definition) is 1. The van der Waals surface area contributed by atoms with E-state index in [1.54, 1.807) is 12.4 Å². The smallest absolute Gasteiger partial charge is 0.225 e. The van der Waals surface area contributed by atoms with E-state index < -0.39 is 0 Å². The highest BCUT2D eigenvalue weighted by Crippen LogP contribution is 2.19. The van der Waals surface area contributed by atoms with Crippen molar-refractivity contribution < 1.29 is 0 Å². The second-order valence-corrected chi connectivity index (χ2v) is 5.36. The summed E-state index contributed by atoms with van der Waals surface area (Å²) in [5.74, 6) is 0.818. The molecule has 1 aliphatic rings. The summed E-state index contributed by atoms with van der Waals surface area (Å²) in [5, 5.41) is 8.38. The van der Waals surface area contributed by atoms with Crippen LogP contribution in [0.1, 0.15) is 5.69 Å². The molecule has 2 aromatic rings. The lowest BCUT2D eigenvalue weighted by atomic mass is 10.3. The molecule has 0 atom stereocenters. The minimum Gasteiger partial charge on any atom is -0.377 e. The van der Waals surface area contributed by atoms with Gasteiger partial charge in [0.15, 0.2) is 0 Å². The number of hydrogen-bond acceptors (Lipinski definition) is 8. The molecule has 0 unspecified atom stereocenters. The Bertz CT molecular complexity index is 536. The zero-order valence-electron chi connectivity index (χ0n) is 11.4. The second-order valence-electron chi connectivity index (χ2n) is 4.61. The Morgan fingerprint density at radius 2 is 1.95 bits per heavy atom.